The number of nitrogens with zero attached hydrogens (tertiary/aromatic N) is 3. The van der Waals surface area contributed by atoms with Crippen molar-refractivity contribution in [2.45, 2.75) is 37.3 Å². The van der Waals surface area contributed by atoms with E-state index in [4.69, 9.17) is 5.26 Å². The Morgan fingerprint density at radius 1 is 1.46 bits per heavy atom. The Bertz CT molecular complexity index is 800. The minimum atomic E-state index is -3.39. The lowest BCUT2D eigenvalue weighted by atomic mass is 9.87. The summed E-state index contributed by atoms with van der Waals surface area (Å²) in [4.78, 5) is 26.1. The van der Waals surface area contributed by atoms with E-state index in [0.29, 0.717) is 16.3 Å². The van der Waals surface area contributed by atoms with Gasteiger partial charge in [0, 0.05) is 19.2 Å². The molecule has 12 nitrogen and oxygen atoms in total. The first kappa shape index (κ1) is 19.9. The lowest BCUT2D eigenvalue weighted by Gasteiger charge is -2.52. The predicted octanol–water partition coefficient (Wildman–Crippen LogP) is -3.03. The molecule has 0 aromatic rings. The molecule has 3 amide bonds. The second-order valence-electron chi connectivity index (χ2n) is 7.09. The minimum absolute atomic E-state index is 0.203. The number of hydrogen-bond donors (Lipinski definition) is 7. The van der Waals surface area contributed by atoms with Crippen LogP contribution in [0.25, 0.3) is 0 Å². The summed E-state index contributed by atoms with van der Waals surface area (Å²) in [5, 5.41) is 57.7. The van der Waals surface area contributed by atoms with Crippen LogP contribution >= 0.6 is 0 Å². The van der Waals surface area contributed by atoms with Gasteiger partial charge in [0.05, 0.1) is 0 Å². The first-order valence-electron chi connectivity index (χ1n) is 8.60. The maximum Gasteiger partial charge on any atom is 0.336 e. The second-order valence-corrected chi connectivity index (χ2v) is 7.09. The molecule has 3 atom stereocenters. The van der Waals surface area contributed by atoms with E-state index in [9.17, 15) is 30.0 Å². The number of piperidine rings is 1. The number of likely N-dealkylation sites (N-methyl/N-ethyl adjacent to an activating group) is 1. The van der Waals surface area contributed by atoms with E-state index in [1.165, 1.54) is 11.9 Å². The van der Waals surface area contributed by atoms with Crippen LogP contribution < -0.4 is 16.0 Å². The molecule has 0 bridgehead atoms. The Morgan fingerprint density at radius 2 is 2.14 bits per heavy atom. The molecule has 0 aromatic heterocycles. The van der Waals surface area contributed by atoms with Gasteiger partial charge >= 0.3 is 17.7 Å². The SMILES string of the molecule is CC1CCN(C(=O)C(O)(O)C#N)C(O)(O)C1N(C)C1=C2C=CNC2NC(=O)N1. The van der Waals surface area contributed by atoms with Crippen molar-refractivity contribution in [2.75, 3.05) is 13.6 Å². The topological polar surface area (TPSA) is 181 Å². The fourth-order valence-electron chi connectivity index (χ4n) is 3.86. The van der Waals surface area contributed by atoms with Gasteiger partial charge < -0.3 is 36.0 Å². The number of carbonyl (C=O) groups is 2. The second kappa shape index (κ2) is 6.64. The van der Waals surface area contributed by atoms with Crippen molar-refractivity contribution >= 4 is 11.9 Å². The van der Waals surface area contributed by atoms with Crippen LogP contribution in [0.4, 0.5) is 4.79 Å². The van der Waals surface area contributed by atoms with Gasteiger partial charge in [-0.3, -0.25) is 15.0 Å². The third-order valence-electron chi connectivity index (χ3n) is 5.23. The first-order valence-corrected chi connectivity index (χ1v) is 8.60. The van der Waals surface area contributed by atoms with Crippen LogP contribution in [-0.4, -0.2) is 79.7 Å². The Hall–Kier alpha value is -2.85. The average molecular weight is 394 g/mol. The van der Waals surface area contributed by atoms with E-state index in [2.05, 4.69) is 16.0 Å². The van der Waals surface area contributed by atoms with Crippen molar-refractivity contribution in [1.82, 2.24) is 25.8 Å². The van der Waals surface area contributed by atoms with E-state index in [1.807, 2.05) is 0 Å². The summed E-state index contributed by atoms with van der Waals surface area (Å²) in [6.45, 7) is 1.53. The number of carbonyl (C=O) groups excluding carboxylic acids is 2. The summed E-state index contributed by atoms with van der Waals surface area (Å²) in [5.41, 5.74) is 0.643. The standard InChI is InChI=1S/C16H22N6O6/c1-8-4-6-22(13(23)15(25,26)7-17)16(27,28)10(8)21(2)12-9-3-5-18-11(9)19-14(24)20-12/h3,5,8,10-11,18,25-28H,4,6H2,1-2H3,(H2,19,20,24). The van der Waals surface area contributed by atoms with Crippen molar-refractivity contribution in [3.63, 3.8) is 0 Å². The molecule has 3 unspecified atom stereocenters. The third kappa shape index (κ3) is 3.04. The maximum atomic E-state index is 12.3. The molecule has 1 saturated heterocycles. The number of aliphatic hydroxyl groups is 4. The smallest absolute Gasteiger partial charge is 0.336 e. The minimum Gasteiger partial charge on any atom is -0.367 e. The van der Waals surface area contributed by atoms with Crippen LogP contribution in [0.15, 0.2) is 23.7 Å². The number of hydrogen-bond acceptors (Lipinski definition) is 9. The zero-order valence-electron chi connectivity index (χ0n) is 15.2. The largest absolute Gasteiger partial charge is 0.367 e. The quantitative estimate of drug-likeness (QED) is 0.193. The monoisotopic (exact) mass is 394 g/mol. The lowest BCUT2D eigenvalue weighted by molar-refractivity contribution is -0.313. The molecule has 0 saturated carbocycles. The number of amides is 3. The van der Waals surface area contributed by atoms with E-state index < -0.39 is 35.8 Å². The van der Waals surface area contributed by atoms with Crippen LogP contribution in [0, 0.1) is 17.2 Å². The third-order valence-corrected chi connectivity index (χ3v) is 5.23. The number of urea groups is 1. The molecular formula is C16H22N6O6. The van der Waals surface area contributed by atoms with Gasteiger partial charge in [0.25, 0.3) is 5.91 Å². The maximum absolute atomic E-state index is 12.3. The molecule has 1 fully saturated rings. The number of rotatable bonds is 3. The highest BCUT2D eigenvalue weighted by molar-refractivity contribution is 5.86. The molecule has 12 heteroatoms. The first-order chi connectivity index (χ1) is 13.0. The molecule has 152 valence electrons. The number of fused-ring (bicyclic) bond motifs is 1. The van der Waals surface area contributed by atoms with Crippen LogP contribution in [0.1, 0.15) is 13.3 Å². The Balaban J connectivity index is 1.97. The van der Waals surface area contributed by atoms with Crippen molar-refractivity contribution in [1.29, 1.82) is 5.26 Å². The molecule has 3 aliphatic rings. The van der Waals surface area contributed by atoms with Crippen molar-refractivity contribution in [2.24, 2.45) is 5.92 Å². The fraction of sp³-hybridized carbons (Fsp3) is 0.562. The highest BCUT2D eigenvalue weighted by Crippen LogP contribution is 2.35. The van der Waals surface area contributed by atoms with Crippen LogP contribution in [0.2, 0.25) is 0 Å². The summed E-state index contributed by atoms with van der Waals surface area (Å²) >= 11 is 0. The van der Waals surface area contributed by atoms with Gasteiger partial charge in [0.15, 0.2) is 0 Å². The molecule has 3 rings (SSSR count). The summed E-state index contributed by atoms with van der Waals surface area (Å²) in [6, 6.07) is -0.621. The number of likely N-dealkylation sites (tertiary alicyclic amines) is 1. The summed E-state index contributed by atoms with van der Waals surface area (Å²) in [6.07, 6.45) is 3.14. The van der Waals surface area contributed by atoms with E-state index in [1.54, 1.807) is 19.2 Å². The number of nitriles is 1. The van der Waals surface area contributed by atoms with Crippen molar-refractivity contribution in [3.05, 3.63) is 23.7 Å². The van der Waals surface area contributed by atoms with Gasteiger partial charge in [-0.2, -0.15) is 5.26 Å². The zero-order valence-corrected chi connectivity index (χ0v) is 15.2. The lowest BCUT2D eigenvalue weighted by Crippen LogP contribution is -2.71. The van der Waals surface area contributed by atoms with Gasteiger partial charge in [-0.25, -0.2) is 4.79 Å². The zero-order chi connectivity index (χ0) is 20.9. The van der Waals surface area contributed by atoms with Crippen LogP contribution in [-0.2, 0) is 4.79 Å². The van der Waals surface area contributed by atoms with E-state index in [0.717, 1.165) is 6.07 Å². The molecule has 0 spiro atoms. The molecule has 0 aromatic carbocycles. The Morgan fingerprint density at radius 3 is 2.79 bits per heavy atom. The van der Waals surface area contributed by atoms with Crippen LogP contribution in [0.3, 0.4) is 0 Å². The predicted molar refractivity (Wildman–Crippen MR) is 91.8 cm³/mol. The molecule has 3 heterocycles. The van der Waals surface area contributed by atoms with Crippen molar-refractivity contribution < 1.29 is 30.0 Å². The van der Waals surface area contributed by atoms with Gasteiger partial charge in [-0.1, -0.05) is 6.92 Å². The molecule has 3 aliphatic heterocycles. The molecule has 0 aliphatic carbocycles. The van der Waals surface area contributed by atoms with Crippen LogP contribution in [0.5, 0.6) is 0 Å². The van der Waals surface area contributed by atoms with Gasteiger partial charge in [-0.05, 0) is 24.6 Å². The summed E-state index contributed by atoms with van der Waals surface area (Å²) < 4.78 is 0. The van der Waals surface area contributed by atoms with E-state index in [-0.39, 0.29) is 18.9 Å². The average Bonchev–Trinajstić information content (AvgIpc) is 3.08. The Labute approximate surface area is 160 Å². The van der Waals surface area contributed by atoms with Gasteiger partial charge in [0.1, 0.15) is 24.1 Å². The molecule has 0 radical (unpaired) electrons. The van der Waals surface area contributed by atoms with Gasteiger partial charge in [-0.15, -0.1) is 0 Å². The molecule has 28 heavy (non-hydrogen) atoms. The number of nitrogens with one attached hydrogen (secondary N) is 3. The van der Waals surface area contributed by atoms with Crippen molar-refractivity contribution in [3.8, 4) is 6.07 Å². The highest BCUT2D eigenvalue weighted by atomic mass is 16.5. The summed E-state index contributed by atoms with van der Waals surface area (Å²) in [7, 11) is 1.52. The highest BCUT2D eigenvalue weighted by Gasteiger charge is 2.55. The van der Waals surface area contributed by atoms with E-state index >= 15 is 0 Å². The molecule has 7 N–H and O–H groups in total. The van der Waals surface area contributed by atoms with Gasteiger partial charge in [0.2, 0.25) is 0 Å². The summed E-state index contributed by atoms with van der Waals surface area (Å²) in [5.74, 6) is -7.85. The molecular weight excluding hydrogens is 372 g/mol. The fourth-order valence-corrected chi connectivity index (χ4v) is 3.86. The Kier molecular flexibility index (Phi) is 4.72. The normalized spacial score (nSPS) is 28.7.